The van der Waals surface area contributed by atoms with Gasteiger partial charge in [-0.25, -0.2) is 4.79 Å². The molecule has 0 spiro atoms. The minimum absolute atomic E-state index is 0.0389. The van der Waals surface area contributed by atoms with Crippen LogP contribution in [0.15, 0.2) is 30.3 Å². The molecule has 6 heteroatoms. The van der Waals surface area contributed by atoms with Crippen molar-refractivity contribution in [3.8, 4) is 0 Å². The molecular weight excluding hydrogens is 280 g/mol. The molecule has 1 aromatic carbocycles. The average Bonchev–Trinajstić information content (AvgIpc) is 2.88. The standard InChI is InChI=1S/C16H22N4O2/c1-18-12-14(17-16(18)22)15(21)20-9-7-19(8-10-20)11-13-5-3-2-4-6-13/h2-6,14H,7-12H2,1H3,(H,17,22). The summed E-state index contributed by atoms with van der Waals surface area (Å²) >= 11 is 0. The molecule has 118 valence electrons. The fraction of sp³-hybridized carbons (Fsp3) is 0.500. The molecule has 6 nitrogen and oxygen atoms in total. The highest BCUT2D eigenvalue weighted by Crippen LogP contribution is 2.11. The Bertz CT molecular complexity index is 540. The molecule has 3 rings (SSSR count). The lowest BCUT2D eigenvalue weighted by Crippen LogP contribution is -2.53. The largest absolute Gasteiger partial charge is 0.338 e. The SMILES string of the molecule is CN1CC(C(=O)N2CCN(Cc3ccccc3)CC2)NC1=O. The van der Waals surface area contributed by atoms with Crippen molar-refractivity contribution in [2.75, 3.05) is 39.8 Å². The van der Waals surface area contributed by atoms with E-state index >= 15 is 0 Å². The third-order valence-electron chi connectivity index (χ3n) is 4.33. The van der Waals surface area contributed by atoms with Crippen LogP contribution in [0.3, 0.4) is 0 Å². The molecule has 0 bridgehead atoms. The summed E-state index contributed by atoms with van der Waals surface area (Å²) in [7, 11) is 1.71. The minimum atomic E-state index is -0.391. The fourth-order valence-electron chi connectivity index (χ4n) is 2.99. The molecule has 3 amide bonds. The zero-order chi connectivity index (χ0) is 15.5. The monoisotopic (exact) mass is 302 g/mol. The van der Waals surface area contributed by atoms with Crippen LogP contribution in [0.25, 0.3) is 0 Å². The van der Waals surface area contributed by atoms with Gasteiger partial charge in [0.25, 0.3) is 0 Å². The normalized spacial score (nSPS) is 22.8. The Morgan fingerprint density at radius 1 is 1.18 bits per heavy atom. The number of rotatable bonds is 3. The summed E-state index contributed by atoms with van der Waals surface area (Å²) in [6.45, 7) is 4.57. The van der Waals surface area contributed by atoms with Gasteiger partial charge in [-0.05, 0) is 5.56 Å². The highest BCUT2D eigenvalue weighted by molar-refractivity contribution is 5.90. The topological polar surface area (TPSA) is 55.9 Å². The Morgan fingerprint density at radius 2 is 1.86 bits per heavy atom. The van der Waals surface area contributed by atoms with Gasteiger partial charge in [-0.15, -0.1) is 0 Å². The number of benzene rings is 1. The van der Waals surface area contributed by atoms with E-state index in [0.29, 0.717) is 6.54 Å². The first-order valence-corrected chi connectivity index (χ1v) is 7.70. The van der Waals surface area contributed by atoms with Crippen LogP contribution in [0.5, 0.6) is 0 Å². The maximum atomic E-state index is 12.4. The minimum Gasteiger partial charge on any atom is -0.338 e. The van der Waals surface area contributed by atoms with Crippen LogP contribution in [0.2, 0.25) is 0 Å². The Morgan fingerprint density at radius 3 is 2.45 bits per heavy atom. The average molecular weight is 302 g/mol. The van der Waals surface area contributed by atoms with Crippen LogP contribution in [-0.2, 0) is 11.3 Å². The molecule has 1 aromatic rings. The Labute approximate surface area is 130 Å². The van der Waals surface area contributed by atoms with Crippen LogP contribution in [0.1, 0.15) is 5.56 Å². The van der Waals surface area contributed by atoms with E-state index in [1.807, 2.05) is 23.1 Å². The number of likely N-dealkylation sites (N-methyl/N-ethyl adjacent to an activating group) is 1. The Balaban J connectivity index is 1.49. The predicted octanol–water partition coefficient (Wildman–Crippen LogP) is 0.354. The molecule has 0 aliphatic carbocycles. The molecule has 1 N–H and O–H groups in total. The van der Waals surface area contributed by atoms with Gasteiger partial charge in [0.05, 0.1) is 6.54 Å². The highest BCUT2D eigenvalue weighted by atomic mass is 16.2. The molecule has 0 radical (unpaired) electrons. The zero-order valence-corrected chi connectivity index (χ0v) is 12.9. The van der Waals surface area contributed by atoms with Gasteiger partial charge in [0.15, 0.2) is 0 Å². The number of amides is 3. The van der Waals surface area contributed by atoms with Gasteiger partial charge in [-0.1, -0.05) is 30.3 Å². The Hall–Kier alpha value is -2.08. The fourth-order valence-corrected chi connectivity index (χ4v) is 2.99. The van der Waals surface area contributed by atoms with Gasteiger partial charge >= 0.3 is 6.03 Å². The van der Waals surface area contributed by atoms with Crippen LogP contribution in [0.4, 0.5) is 4.79 Å². The van der Waals surface area contributed by atoms with Crippen molar-refractivity contribution in [3.63, 3.8) is 0 Å². The van der Waals surface area contributed by atoms with E-state index in [1.54, 1.807) is 11.9 Å². The lowest BCUT2D eigenvalue weighted by Gasteiger charge is -2.35. The molecule has 0 aromatic heterocycles. The quantitative estimate of drug-likeness (QED) is 0.877. The summed E-state index contributed by atoms with van der Waals surface area (Å²) < 4.78 is 0. The van der Waals surface area contributed by atoms with E-state index in [9.17, 15) is 9.59 Å². The molecule has 1 atom stereocenters. The van der Waals surface area contributed by atoms with Gasteiger partial charge in [0, 0.05) is 39.8 Å². The summed E-state index contributed by atoms with van der Waals surface area (Å²) in [4.78, 5) is 29.7. The van der Waals surface area contributed by atoms with E-state index in [0.717, 1.165) is 32.7 Å². The first-order valence-electron chi connectivity index (χ1n) is 7.70. The van der Waals surface area contributed by atoms with Crippen molar-refractivity contribution < 1.29 is 9.59 Å². The second kappa shape index (κ2) is 6.36. The third-order valence-corrected chi connectivity index (χ3v) is 4.33. The molecule has 22 heavy (non-hydrogen) atoms. The van der Waals surface area contributed by atoms with Crippen LogP contribution in [-0.4, -0.2) is 72.5 Å². The highest BCUT2D eigenvalue weighted by Gasteiger charge is 2.34. The van der Waals surface area contributed by atoms with E-state index < -0.39 is 6.04 Å². The molecule has 2 saturated heterocycles. The maximum absolute atomic E-state index is 12.4. The number of urea groups is 1. The number of carbonyl (C=O) groups is 2. The van der Waals surface area contributed by atoms with Crippen molar-refractivity contribution in [2.24, 2.45) is 0 Å². The van der Waals surface area contributed by atoms with E-state index in [-0.39, 0.29) is 11.9 Å². The van der Waals surface area contributed by atoms with Crippen molar-refractivity contribution in [1.29, 1.82) is 0 Å². The third kappa shape index (κ3) is 3.22. The second-order valence-electron chi connectivity index (χ2n) is 5.97. The van der Waals surface area contributed by atoms with Crippen molar-refractivity contribution >= 4 is 11.9 Å². The van der Waals surface area contributed by atoms with Gasteiger partial charge in [0.2, 0.25) is 5.91 Å². The summed E-state index contributed by atoms with van der Waals surface area (Å²) in [6, 6.07) is 9.82. The van der Waals surface area contributed by atoms with E-state index in [4.69, 9.17) is 0 Å². The van der Waals surface area contributed by atoms with Gasteiger partial charge in [0.1, 0.15) is 6.04 Å². The molecule has 2 fully saturated rings. The first-order chi connectivity index (χ1) is 10.6. The van der Waals surface area contributed by atoms with Gasteiger partial charge in [-0.3, -0.25) is 9.69 Å². The predicted molar refractivity (Wildman–Crippen MR) is 83.2 cm³/mol. The summed E-state index contributed by atoms with van der Waals surface area (Å²) in [6.07, 6.45) is 0. The van der Waals surface area contributed by atoms with Gasteiger partial charge in [-0.2, -0.15) is 0 Å². The van der Waals surface area contributed by atoms with Crippen molar-refractivity contribution in [3.05, 3.63) is 35.9 Å². The lowest BCUT2D eigenvalue weighted by molar-refractivity contribution is -0.134. The summed E-state index contributed by atoms with van der Waals surface area (Å²) in [5.74, 6) is 0.0389. The molecule has 2 heterocycles. The van der Waals surface area contributed by atoms with Crippen molar-refractivity contribution in [2.45, 2.75) is 12.6 Å². The summed E-state index contributed by atoms with van der Waals surface area (Å²) in [5.41, 5.74) is 1.30. The second-order valence-corrected chi connectivity index (χ2v) is 5.97. The summed E-state index contributed by atoms with van der Waals surface area (Å²) in [5, 5.41) is 2.73. The van der Waals surface area contributed by atoms with Crippen LogP contribution >= 0.6 is 0 Å². The number of hydrogen-bond donors (Lipinski definition) is 1. The molecule has 2 aliphatic rings. The van der Waals surface area contributed by atoms with E-state index in [2.05, 4.69) is 22.3 Å². The number of nitrogens with zero attached hydrogens (tertiary/aromatic N) is 3. The number of piperazine rings is 1. The number of nitrogens with one attached hydrogen (secondary N) is 1. The smallest absolute Gasteiger partial charge is 0.317 e. The van der Waals surface area contributed by atoms with E-state index in [1.165, 1.54) is 5.56 Å². The lowest BCUT2D eigenvalue weighted by atomic mass is 10.2. The molecular formula is C16H22N4O2. The first kappa shape index (κ1) is 14.8. The number of carbonyl (C=O) groups excluding carboxylic acids is 2. The maximum Gasteiger partial charge on any atom is 0.317 e. The van der Waals surface area contributed by atoms with Crippen molar-refractivity contribution in [1.82, 2.24) is 20.0 Å². The molecule has 2 aliphatic heterocycles. The Kier molecular flexibility index (Phi) is 4.29. The number of hydrogen-bond acceptors (Lipinski definition) is 3. The van der Waals surface area contributed by atoms with Crippen LogP contribution in [0, 0.1) is 0 Å². The molecule has 0 saturated carbocycles. The molecule has 1 unspecified atom stereocenters. The zero-order valence-electron chi connectivity index (χ0n) is 12.9. The van der Waals surface area contributed by atoms with Gasteiger partial charge < -0.3 is 15.1 Å². The van der Waals surface area contributed by atoms with Crippen LogP contribution < -0.4 is 5.32 Å².